The van der Waals surface area contributed by atoms with E-state index in [1.807, 2.05) is 17.0 Å². The zero-order chi connectivity index (χ0) is 26.4. The van der Waals surface area contributed by atoms with E-state index in [0.717, 1.165) is 48.6 Å². The number of aliphatic carboxylic acids is 1. The number of aryl methyl sites for hydroxylation is 1. The lowest BCUT2D eigenvalue weighted by molar-refractivity contribution is -0.142. The van der Waals surface area contributed by atoms with Gasteiger partial charge in [-0.3, -0.25) is 9.69 Å². The summed E-state index contributed by atoms with van der Waals surface area (Å²) >= 11 is 0. The van der Waals surface area contributed by atoms with E-state index in [-0.39, 0.29) is 29.2 Å². The summed E-state index contributed by atoms with van der Waals surface area (Å²) in [6.07, 6.45) is 0.746. The number of ether oxygens (including phenoxy) is 1. The molecule has 37 heavy (non-hydrogen) atoms. The topological polar surface area (TPSA) is 73.6 Å². The molecule has 0 amide bonds. The van der Waals surface area contributed by atoms with Gasteiger partial charge < -0.3 is 9.84 Å². The van der Waals surface area contributed by atoms with Crippen molar-refractivity contribution in [3.63, 3.8) is 0 Å². The van der Waals surface area contributed by atoms with Crippen molar-refractivity contribution in [1.82, 2.24) is 4.90 Å². The van der Waals surface area contributed by atoms with E-state index >= 15 is 0 Å². The Morgan fingerprint density at radius 1 is 1.19 bits per heavy atom. The van der Waals surface area contributed by atoms with Crippen LogP contribution in [-0.2, 0) is 23.9 Å². The molecule has 0 bridgehead atoms. The standard InChI is InChI=1S/C29H31F3N2O3/c1-18(27(35)36)26(21-4-5-21)22-6-3-20-8-9-28(37-25(20)15-22)10-12-34(13-11-28)17-23-14-19(16-33)2-7-24(23)29(30,31)32/h2-3,6-7,14-15,18,21,26H,4-5,8-13,17H2,1H3,(H,35,36)/t18-,26?/m0/s1. The molecule has 0 radical (unpaired) electrons. The van der Waals surface area contributed by atoms with E-state index in [2.05, 4.69) is 12.1 Å². The summed E-state index contributed by atoms with van der Waals surface area (Å²) in [6, 6.07) is 11.6. The van der Waals surface area contributed by atoms with Gasteiger partial charge in [-0.25, -0.2) is 0 Å². The second-order valence-corrected chi connectivity index (χ2v) is 10.9. The zero-order valence-corrected chi connectivity index (χ0v) is 20.9. The third-order valence-corrected chi connectivity index (χ3v) is 8.41. The first-order valence-corrected chi connectivity index (χ1v) is 13.0. The van der Waals surface area contributed by atoms with Crippen LogP contribution in [0.15, 0.2) is 36.4 Å². The molecule has 2 heterocycles. The van der Waals surface area contributed by atoms with Crippen LogP contribution in [0.4, 0.5) is 13.2 Å². The van der Waals surface area contributed by atoms with E-state index in [1.54, 1.807) is 6.92 Å². The van der Waals surface area contributed by atoms with Gasteiger partial charge in [0.15, 0.2) is 0 Å². The molecule has 8 heteroatoms. The van der Waals surface area contributed by atoms with Gasteiger partial charge in [0.1, 0.15) is 11.4 Å². The van der Waals surface area contributed by atoms with Crippen molar-refractivity contribution in [2.75, 3.05) is 13.1 Å². The molecule has 1 saturated carbocycles. The number of carboxylic acid groups (broad SMARTS) is 1. The Kier molecular flexibility index (Phi) is 6.70. The molecule has 1 unspecified atom stereocenters. The minimum Gasteiger partial charge on any atom is -0.487 e. The Bertz CT molecular complexity index is 1220. The SMILES string of the molecule is C[C@H](C(=O)O)C(c1ccc2c(c1)OC1(CC2)CCN(Cc2cc(C#N)ccc2C(F)(F)F)CC1)C1CC1. The van der Waals surface area contributed by atoms with Crippen molar-refractivity contribution in [3.8, 4) is 11.8 Å². The number of alkyl halides is 3. The van der Waals surface area contributed by atoms with Crippen LogP contribution in [0, 0.1) is 23.2 Å². The molecule has 3 aliphatic rings. The first kappa shape index (κ1) is 25.6. The van der Waals surface area contributed by atoms with Gasteiger partial charge in [-0.05, 0) is 91.3 Å². The van der Waals surface area contributed by atoms with Gasteiger partial charge in [0.25, 0.3) is 0 Å². The minimum absolute atomic E-state index is 0.0295. The molecule has 196 valence electrons. The summed E-state index contributed by atoms with van der Waals surface area (Å²) in [5, 5.41) is 18.8. The summed E-state index contributed by atoms with van der Waals surface area (Å²) in [6.45, 7) is 3.12. The van der Waals surface area contributed by atoms with Crippen molar-refractivity contribution in [1.29, 1.82) is 5.26 Å². The highest BCUT2D eigenvalue weighted by molar-refractivity contribution is 5.71. The first-order chi connectivity index (χ1) is 17.6. The third-order valence-electron chi connectivity index (χ3n) is 8.41. The van der Waals surface area contributed by atoms with Gasteiger partial charge in [-0.1, -0.05) is 19.1 Å². The number of halogens is 3. The molecule has 0 aromatic heterocycles. The maximum atomic E-state index is 13.5. The maximum Gasteiger partial charge on any atom is 0.416 e. The van der Waals surface area contributed by atoms with Crippen molar-refractivity contribution in [2.45, 2.75) is 69.7 Å². The van der Waals surface area contributed by atoms with Crippen LogP contribution in [0.2, 0.25) is 0 Å². The number of hydrogen-bond acceptors (Lipinski definition) is 4. The van der Waals surface area contributed by atoms with Crippen LogP contribution < -0.4 is 4.74 Å². The normalized spacial score (nSPS) is 20.9. The molecular formula is C29H31F3N2O3. The van der Waals surface area contributed by atoms with E-state index in [9.17, 15) is 23.1 Å². The number of piperidine rings is 1. The van der Waals surface area contributed by atoms with Crippen LogP contribution in [0.25, 0.3) is 0 Å². The predicted molar refractivity (Wildman–Crippen MR) is 131 cm³/mol. The zero-order valence-electron chi connectivity index (χ0n) is 20.9. The van der Waals surface area contributed by atoms with Crippen molar-refractivity contribution in [2.24, 2.45) is 11.8 Å². The average molecular weight is 513 g/mol. The van der Waals surface area contributed by atoms with E-state index in [1.165, 1.54) is 12.1 Å². The average Bonchev–Trinajstić information content (AvgIpc) is 3.70. The second kappa shape index (κ2) is 9.68. The fraction of sp³-hybridized carbons (Fsp3) is 0.517. The van der Waals surface area contributed by atoms with Crippen LogP contribution in [0.5, 0.6) is 5.75 Å². The third kappa shape index (κ3) is 5.33. The Labute approximate surface area is 214 Å². The number of benzene rings is 2. The smallest absolute Gasteiger partial charge is 0.416 e. The summed E-state index contributed by atoms with van der Waals surface area (Å²) < 4.78 is 47.3. The van der Waals surface area contributed by atoms with Crippen LogP contribution in [0.1, 0.15) is 72.8 Å². The monoisotopic (exact) mass is 512 g/mol. The Hall–Kier alpha value is -3.05. The number of carboxylic acids is 1. The first-order valence-electron chi connectivity index (χ1n) is 13.0. The number of rotatable bonds is 6. The Morgan fingerprint density at radius 3 is 2.54 bits per heavy atom. The number of fused-ring (bicyclic) bond motifs is 1. The molecular weight excluding hydrogens is 481 g/mol. The summed E-state index contributed by atoms with van der Waals surface area (Å²) in [4.78, 5) is 13.7. The fourth-order valence-corrected chi connectivity index (χ4v) is 6.09. The minimum atomic E-state index is -4.47. The molecule has 1 aliphatic carbocycles. The summed E-state index contributed by atoms with van der Waals surface area (Å²) in [7, 11) is 0. The number of carbonyl (C=O) groups is 1. The predicted octanol–water partition coefficient (Wildman–Crippen LogP) is 6.15. The van der Waals surface area contributed by atoms with Crippen LogP contribution >= 0.6 is 0 Å². The second-order valence-electron chi connectivity index (χ2n) is 10.9. The molecule has 1 N–H and O–H groups in total. The largest absolute Gasteiger partial charge is 0.487 e. The molecule has 2 fully saturated rings. The van der Waals surface area contributed by atoms with Gasteiger partial charge in [0.05, 0.1) is 23.1 Å². The van der Waals surface area contributed by atoms with Gasteiger partial charge in [-0.15, -0.1) is 0 Å². The lowest BCUT2D eigenvalue weighted by Crippen LogP contribution is -2.49. The van der Waals surface area contributed by atoms with Gasteiger partial charge in [0, 0.05) is 19.6 Å². The fourth-order valence-electron chi connectivity index (χ4n) is 6.09. The highest BCUT2D eigenvalue weighted by Gasteiger charge is 2.42. The van der Waals surface area contributed by atoms with Crippen molar-refractivity contribution < 1.29 is 27.8 Å². The quantitative estimate of drug-likeness (QED) is 0.503. The molecule has 5 nitrogen and oxygen atoms in total. The molecule has 5 rings (SSSR count). The molecule has 2 atom stereocenters. The Morgan fingerprint density at radius 2 is 1.92 bits per heavy atom. The summed E-state index contributed by atoms with van der Waals surface area (Å²) in [5.74, 6) is -0.0634. The highest BCUT2D eigenvalue weighted by atomic mass is 19.4. The summed E-state index contributed by atoms with van der Waals surface area (Å²) in [5.41, 5.74) is 1.43. The van der Waals surface area contributed by atoms with E-state index in [0.29, 0.717) is 31.8 Å². The number of likely N-dealkylation sites (tertiary alicyclic amines) is 1. The van der Waals surface area contributed by atoms with Crippen molar-refractivity contribution in [3.05, 3.63) is 64.2 Å². The van der Waals surface area contributed by atoms with E-state index in [4.69, 9.17) is 10.00 Å². The van der Waals surface area contributed by atoms with Gasteiger partial charge in [-0.2, -0.15) is 18.4 Å². The number of hydrogen-bond donors (Lipinski definition) is 1. The van der Waals surface area contributed by atoms with Crippen LogP contribution in [0.3, 0.4) is 0 Å². The molecule has 1 saturated heterocycles. The highest BCUT2D eigenvalue weighted by Crippen LogP contribution is 2.49. The molecule has 2 aromatic rings. The van der Waals surface area contributed by atoms with Gasteiger partial charge >= 0.3 is 12.1 Å². The maximum absolute atomic E-state index is 13.5. The molecule has 2 aromatic carbocycles. The molecule has 2 aliphatic heterocycles. The molecule has 1 spiro atoms. The lowest BCUT2D eigenvalue weighted by atomic mass is 9.80. The Balaban J connectivity index is 1.29. The van der Waals surface area contributed by atoms with Gasteiger partial charge in [0.2, 0.25) is 0 Å². The van der Waals surface area contributed by atoms with Crippen molar-refractivity contribution >= 4 is 5.97 Å². The number of nitriles is 1. The van der Waals surface area contributed by atoms with Crippen LogP contribution in [-0.4, -0.2) is 34.7 Å². The lowest BCUT2D eigenvalue weighted by Gasteiger charge is -2.45. The van der Waals surface area contributed by atoms with E-state index < -0.39 is 23.6 Å². The number of nitrogens with zero attached hydrogens (tertiary/aromatic N) is 2.